The number of hydrogen-bond donors (Lipinski definition) is 0. The molecule has 0 unspecified atom stereocenters. The molecular weight excluding hydrogens is 228 g/mol. The Labute approximate surface area is 125 Å². The molecule has 0 aliphatic heterocycles. The van der Waals surface area contributed by atoms with Crippen molar-refractivity contribution in [3.63, 3.8) is 0 Å². The van der Waals surface area contributed by atoms with Crippen molar-refractivity contribution in [3.05, 3.63) is 34.9 Å². The second-order valence-corrected chi connectivity index (χ2v) is 7.78. The second kappa shape index (κ2) is 4.96. The van der Waals surface area contributed by atoms with E-state index in [1.807, 2.05) is 32.9 Å². The fourth-order valence-corrected chi connectivity index (χ4v) is 2.94. The largest absolute Gasteiger partial charge is 0.0599 e. The Morgan fingerprint density at radius 2 is 1.84 bits per heavy atom. The Kier molecular flexibility index (Phi) is 2.62. The molecule has 1 aliphatic carbocycles. The quantitative estimate of drug-likeness (QED) is 0.584. The van der Waals surface area contributed by atoms with Crippen molar-refractivity contribution in [1.29, 1.82) is 0 Å². The van der Waals surface area contributed by atoms with Gasteiger partial charge in [0.2, 0.25) is 0 Å². The fourth-order valence-electron chi connectivity index (χ4n) is 2.94. The van der Waals surface area contributed by atoms with E-state index >= 15 is 0 Å². The number of rotatable bonds is 1. The monoisotopic (exact) mass is 262 g/mol. The molecule has 0 aromatic heterocycles. The van der Waals surface area contributed by atoms with Crippen LogP contribution in [0.1, 0.15) is 88.4 Å². The van der Waals surface area contributed by atoms with E-state index < -0.39 is 12.7 Å². The Balaban J connectivity index is 2.46. The molecule has 1 saturated carbocycles. The maximum absolute atomic E-state index is 8.88. The van der Waals surface area contributed by atoms with Crippen LogP contribution in [0.3, 0.4) is 0 Å². The van der Waals surface area contributed by atoms with Crippen molar-refractivity contribution in [2.45, 2.75) is 78.5 Å². The van der Waals surface area contributed by atoms with E-state index in [2.05, 4.69) is 13.8 Å². The summed E-state index contributed by atoms with van der Waals surface area (Å²) in [7, 11) is 0. The maximum atomic E-state index is 8.88. The van der Waals surface area contributed by atoms with Crippen molar-refractivity contribution in [2.75, 3.05) is 0 Å². The molecule has 0 radical (unpaired) electrons. The first-order chi connectivity index (χ1) is 10.2. The normalized spacial score (nSPS) is 25.9. The lowest BCUT2D eigenvalue weighted by molar-refractivity contribution is 0.224. The first kappa shape index (κ1) is 10.0. The first-order valence-corrected chi connectivity index (χ1v) is 7.40. The summed E-state index contributed by atoms with van der Waals surface area (Å²) in [6.07, 6.45) is 3.63. The lowest BCUT2D eigenvalue weighted by atomic mass is 9.71. The highest BCUT2D eigenvalue weighted by molar-refractivity contribution is 5.37. The molecule has 0 bridgehead atoms. The summed E-state index contributed by atoms with van der Waals surface area (Å²) in [5, 5.41) is 0. The highest BCUT2D eigenvalue weighted by Gasteiger charge is 2.28. The van der Waals surface area contributed by atoms with Gasteiger partial charge in [-0.3, -0.25) is 0 Å². The van der Waals surface area contributed by atoms with Crippen LogP contribution in [-0.4, -0.2) is 0 Å². The van der Waals surface area contributed by atoms with E-state index in [9.17, 15) is 0 Å². The molecule has 1 aromatic rings. The topological polar surface area (TPSA) is 0 Å². The Morgan fingerprint density at radius 3 is 2.37 bits per heavy atom. The number of aryl methyl sites for hydroxylation is 1. The van der Waals surface area contributed by atoms with Gasteiger partial charge >= 0.3 is 0 Å². The molecule has 19 heavy (non-hydrogen) atoms. The summed E-state index contributed by atoms with van der Waals surface area (Å²) in [5.74, 6) is -0.647. The third-order valence-corrected chi connectivity index (χ3v) is 4.44. The van der Waals surface area contributed by atoms with Crippen LogP contribution in [0.2, 0.25) is 0 Å². The highest BCUT2D eigenvalue weighted by atomic mass is 14.3. The summed E-state index contributed by atoms with van der Waals surface area (Å²) >= 11 is 0. The van der Waals surface area contributed by atoms with Crippen LogP contribution in [0.25, 0.3) is 0 Å². The standard InChI is InChI=1S/C19H30/c1-14-13-16(7-8-17(14)18(2,3)4)15-9-11-19(5,6)12-10-15/h7-8,13,15H,9-12H2,1-6H3/i1D3,15D. The van der Waals surface area contributed by atoms with Gasteiger partial charge in [-0.2, -0.15) is 0 Å². The van der Waals surface area contributed by atoms with Crippen molar-refractivity contribution in [1.82, 2.24) is 0 Å². The van der Waals surface area contributed by atoms with E-state index in [0.29, 0.717) is 11.0 Å². The molecule has 0 atom stereocenters. The smallest absolute Gasteiger partial charge is 0.0352 e. The van der Waals surface area contributed by atoms with Crippen LogP contribution in [0.15, 0.2) is 18.2 Å². The average molecular weight is 262 g/mol. The van der Waals surface area contributed by atoms with Crippen molar-refractivity contribution >= 4 is 0 Å². The summed E-state index contributed by atoms with van der Waals surface area (Å²) in [6, 6.07) is 5.72. The molecule has 0 saturated heterocycles. The zero-order valence-corrected chi connectivity index (χ0v) is 13.1. The van der Waals surface area contributed by atoms with Gasteiger partial charge in [0.1, 0.15) is 0 Å². The van der Waals surface area contributed by atoms with Crippen molar-refractivity contribution < 1.29 is 5.48 Å². The molecule has 1 aliphatic rings. The lowest BCUT2D eigenvalue weighted by Crippen LogP contribution is -2.20. The Bertz CT molecular complexity index is 566. The summed E-state index contributed by atoms with van der Waals surface area (Å²) in [5.41, 5.74) is 2.22. The molecule has 0 heterocycles. The zero-order valence-electron chi connectivity index (χ0n) is 17.1. The molecule has 0 amide bonds. The van der Waals surface area contributed by atoms with Gasteiger partial charge in [-0.1, -0.05) is 52.8 Å². The SMILES string of the molecule is [2H]C([2H])([2H])c1cc(C2([2H])CCC(C)(C)CC2)ccc1C(C)(C)C. The summed E-state index contributed by atoms with van der Waals surface area (Å²) in [4.78, 5) is 0. The van der Waals surface area contributed by atoms with E-state index in [0.717, 1.165) is 36.8 Å². The first-order valence-electron chi connectivity index (χ1n) is 9.40. The second-order valence-electron chi connectivity index (χ2n) is 7.78. The molecule has 0 heteroatoms. The molecule has 0 nitrogen and oxygen atoms in total. The Hall–Kier alpha value is -0.780. The minimum atomic E-state index is -2.14. The zero-order chi connectivity index (χ0) is 17.7. The molecule has 0 spiro atoms. The van der Waals surface area contributed by atoms with Crippen molar-refractivity contribution in [3.8, 4) is 0 Å². The van der Waals surface area contributed by atoms with Gasteiger partial charge in [-0.05, 0) is 65.9 Å². The van der Waals surface area contributed by atoms with Crippen molar-refractivity contribution in [2.24, 2.45) is 5.41 Å². The van der Waals surface area contributed by atoms with Gasteiger partial charge < -0.3 is 0 Å². The van der Waals surface area contributed by atoms with Crippen LogP contribution in [0.5, 0.6) is 0 Å². The molecule has 1 aromatic carbocycles. The fraction of sp³-hybridized carbons (Fsp3) is 0.684. The molecule has 106 valence electrons. The molecule has 2 rings (SSSR count). The van der Waals surface area contributed by atoms with Gasteiger partial charge in [0.25, 0.3) is 0 Å². The third-order valence-electron chi connectivity index (χ3n) is 4.44. The van der Waals surface area contributed by atoms with Crippen LogP contribution >= 0.6 is 0 Å². The Morgan fingerprint density at radius 1 is 1.21 bits per heavy atom. The van der Waals surface area contributed by atoms with Crippen LogP contribution in [-0.2, 0) is 5.41 Å². The van der Waals surface area contributed by atoms with Gasteiger partial charge in [-0.15, -0.1) is 0 Å². The summed E-state index contributed by atoms with van der Waals surface area (Å²) < 4.78 is 32.6. The summed E-state index contributed by atoms with van der Waals surface area (Å²) in [6.45, 7) is 8.49. The van der Waals surface area contributed by atoms with Gasteiger partial charge in [0, 0.05) is 5.48 Å². The van der Waals surface area contributed by atoms with Gasteiger partial charge in [0.05, 0.1) is 0 Å². The van der Waals surface area contributed by atoms with E-state index in [1.54, 1.807) is 6.07 Å². The molecule has 0 N–H and O–H groups in total. The minimum Gasteiger partial charge on any atom is -0.0599 e. The highest BCUT2D eigenvalue weighted by Crippen LogP contribution is 2.43. The van der Waals surface area contributed by atoms with Gasteiger partial charge in [-0.25, -0.2) is 0 Å². The van der Waals surface area contributed by atoms with Crippen LogP contribution < -0.4 is 0 Å². The van der Waals surface area contributed by atoms with E-state index in [-0.39, 0.29) is 5.41 Å². The van der Waals surface area contributed by atoms with Crippen LogP contribution in [0, 0.1) is 12.3 Å². The average Bonchev–Trinajstić information content (AvgIpc) is 2.40. The van der Waals surface area contributed by atoms with E-state index in [4.69, 9.17) is 5.48 Å². The molecular formula is C19H30. The van der Waals surface area contributed by atoms with E-state index in [1.165, 1.54) is 0 Å². The number of hydrogen-bond acceptors (Lipinski definition) is 0. The minimum absolute atomic E-state index is 0.216. The third kappa shape index (κ3) is 3.41. The molecule has 1 fully saturated rings. The van der Waals surface area contributed by atoms with Gasteiger partial charge in [0.15, 0.2) is 0 Å². The lowest BCUT2D eigenvalue weighted by Gasteiger charge is -2.35. The predicted octanol–water partition coefficient (Wildman–Crippen LogP) is 5.98. The number of benzene rings is 1. The van der Waals surface area contributed by atoms with Crippen LogP contribution in [0.4, 0.5) is 0 Å². The maximum Gasteiger partial charge on any atom is 0.0352 e. The predicted molar refractivity (Wildman–Crippen MR) is 84.9 cm³/mol.